The van der Waals surface area contributed by atoms with Crippen LogP contribution in [0.2, 0.25) is 5.02 Å². The highest BCUT2D eigenvalue weighted by Gasteiger charge is 2.18. The molecule has 5 heteroatoms. The molecule has 1 saturated heterocycles. The lowest BCUT2D eigenvalue weighted by molar-refractivity contribution is 0.0636. The van der Waals surface area contributed by atoms with Crippen molar-refractivity contribution in [2.24, 2.45) is 5.92 Å². The van der Waals surface area contributed by atoms with Crippen molar-refractivity contribution in [3.8, 4) is 0 Å². The second kappa shape index (κ2) is 7.34. The number of piperidine rings is 1. The van der Waals surface area contributed by atoms with Crippen molar-refractivity contribution in [2.45, 2.75) is 45.6 Å². The molecule has 0 spiro atoms. The number of carbonyl (C=O) groups excluding carboxylic acids is 1. The van der Waals surface area contributed by atoms with Gasteiger partial charge in [0.15, 0.2) is 0 Å². The van der Waals surface area contributed by atoms with E-state index in [0.29, 0.717) is 16.6 Å². The van der Waals surface area contributed by atoms with Crippen molar-refractivity contribution in [1.82, 2.24) is 5.32 Å². The van der Waals surface area contributed by atoms with Crippen LogP contribution in [0, 0.1) is 5.92 Å². The van der Waals surface area contributed by atoms with E-state index >= 15 is 0 Å². The van der Waals surface area contributed by atoms with Gasteiger partial charge in [-0.1, -0.05) is 17.7 Å². The van der Waals surface area contributed by atoms with Gasteiger partial charge in [-0.25, -0.2) is 4.79 Å². The lowest BCUT2D eigenvalue weighted by atomic mass is 9.91. The Bertz CT molecular complexity index is 520. The van der Waals surface area contributed by atoms with Gasteiger partial charge in [0.2, 0.25) is 0 Å². The van der Waals surface area contributed by atoms with Gasteiger partial charge in [0, 0.05) is 0 Å². The Balaban J connectivity index is 1.95. The lowest BCUT2D eigenvalue weighted by Crippen LogP contribution is -2.28. The van der Waals surface area contributed by atoms with Crippen molar-refractivity contribution in [1.29, 1.82) is 0 Å². The second-order valence-electron chi connectivity index (χ2n) is 6.84. The van der Waals surface area contributed by atoms with E-state index in [1.54, 1.807) is 0 Å². The van der Waals surface area contributed by atoms with Gasteiger partial charge in [0.05, 0.1) is 10.7 Å². The third-order valence-corrected chi connectivity index (χ3v) is 3.96. The van der Waals surface area contributed by atoms with E-state index in [1.165, 1.54) is 18.4 Å². The van der Waals surface area contributed by atoms with Crippen LogP contribution in [0.3, 0.4) is 0 Å². The van der Waals surface area contributed by atoms with Gasteiger partial charge in [0.25, 0.3) is 0 Å². The van der Waals surface area contributed by atoms with Gasteiger partial charge < -0.3 is 10.1 Å². The highest BCUT2D eigenvalue weighted by atomic mass is 35.5. The van der Waals surface area contributed by atoms with Crippen molar-refractivity contribution in [3.63, 3.8) is 0 Å². The summed E-state index contributed by atoms with van der Waals surface area (Å²) < 4.78 is 5.23. The average Bonchev–Trinajstić information content (AvgIpc) is 2.41. The molecule has 1 aliphatic rings. The molecule has 1 aromatic carbocycles. The molecule has 0 aliphatic carbocycles. The number of hydrogen-bond donors (Lipinski definition) is 2. The minimum absolute atomic E-state index is 0.486. The number of carbonyl (C=O) groups is 1. The summed E-state index contributed by atoms with van der Waals surface area (Å²) in [6, 6.07) is 5.82. The average molecular weight is 325 g/mol. The Morgan fingerprint density at radius 1 is 1.36 bits per heavy atom. The Kier molecular flexibility index (Phi) is 5.70. The molecule has 1 fully saturated rings. The van der Waals surface area contributed by atoms with Crippen molar-refractivity contribution >= 4 is 23.4 Å². The number of rotatable bonds is 3. The van der Waals surface area contributed by atoms with Crippen LogP contribution < -0.4 is 10.6 Å². The maximum Gasteiger partial charge on any atom is 0.412 e. The van der Waals surface area contributed by atoms with E-state index < -0.39 is 11.7 Å². The number of amides is 1. The smallest absolute Gasteiger partial charge is 0.412 e. The Labute approximate surface area is 137 Å². The first-order valence-corrected chi connectivity index (χ1v) is 8.20. The number of halogens is 1. The Morgan fingerprint density at radius 2 is 2.05 bits per heavy atom. The summed E-state index contributed by atoms with van der Waals surface area (Å²) in [6.45, 7) is 7.68. The molecule has 2 N–H and O–H groups in total. The van der Waals surface area contributed by atoms with Gasteiger partial charge >= 0.3 is 6.09 Å². The van der Waals surface area contributed by atoms with Crippen LogP contribution in [0.5, 0.6) is 0 Å². The summed E-state index contributed by atoms with van der Waals surface area (Å²) in [5.41, 5.74) is 1.28. The normalized spacial score (nSPS) is 16.4. The van der Waals surface area contributed by atoms with Crippen molar-refractivity contribution < 1.29 is 9.53 Å². The third kappa shape index (κ3) is 5.50. The van der Waals surface area contributed by atoms with Crippen LogP contribution in [0.1, 0.15) is 39.2 Å². The van der Waals surface area contributed by atoms with E-state index in [0.717, 1.165) is 19.5 Å². The molecular formula is C17H25ClN2O2. The second-order valence-corrected chi connectivity index (χ2v) is 7.25. The van der Waals surface area contributed by atoms with E-state index in [-0.39, 0.29) is 0 Å². The molecule has 0 saturated carbocycles. The molecule has 1 aliphatic heterocycles. The SMILES string of the molecule is CC(C)(C)OC(=O)Nc1ccc(CC2CCNCC2)cc1Cl. The van der Waals surface area contributed by atoms with Crippen molar-refractivity contribution in [2.75, 3.05) is 18.4 Å². The fraction of sp³-hybridized carbons (Fsp3) is 0.588. The fourth-order valence-electron chi connectivity index (χ4n) is 2.62. The molecule has 0 atom stereocenters. The quantitative estimate of drug-likeness (QED) is 0.874. The third-order valence-electron chi connectivity index (χ3n) is 3.65. The van der Waals surface area contributed by atoms with Crippen LogP contribution in [0.15, 0.2) is 18.2 Å². The zero-order chi connectivity index (χ0) is 16.2. The summed E-state index contributed by atoms with van der Waals surface area (Å²) in [4.78, 5) is 11.8. The molecular weight excluding hydrogens is 300 g/mol. The first-order valence-electron chi connectivity index (χ1n) is 7.82. The van der Waals surface area contributed by atoms with Crippen LogP contribution >= 0.6 is 11.6 Å². The monoisotopic (exact) mass is 324 g/mol. The predicted octanol–water partition coefficient (Wildman–Crippen LogP) is 4.23. The summed E-state index contributed by atoms with van der Waals surface area (Å²) >= 11 is 6.28. The number of benzene rings is 1. The molecule has 1 amide bonds. The molecule has 0 radical (unpaired) electrons. The number of ether oxygens (including phenoxy) is 1. The largest absolute Gasteiger partial charge is 0.444 e. The maximum atomic E-state index is 11.8. The first kappa shape index (κ1) is 17.1. The molecule has 4 nitrogen and oxygen atoms in total. The van der Waals surface area contributed by atoms with Crippen LogP contribution in [0.25, 0.3) is 0 Å². The zero-order valence-electron chi connectivity index (χ0n) is 13.5. The highest BCUT2D eigenvalue weighted by molar-refractivity contribution is 6.33. The Morgan fingerprint density at radius 3 is 2.64 bits per heavy atom. The fourth-order valence-corrected chi connectivity index (χ4v) is 2.87. The minimum atomic E-state index is -0.522. The number of nitrogens with one attached hydrogen (secondary N) is 2. The molecule has 0 bridgehead atoms. The van der Waals surface area contributed by atoms with Gasteiger partial charge in [-0.3, -0.25) is 5.32 Å². The van der Waals surface area contributed by atoms with E-state index in [4.69, 9.17) is 16.3 Å². The molecule has 0 unspecified atom stereocenters. The maximum absolute atomic E-state index is 11.8. The molecule has 2 rings (SSSR count). The Hall–Kier alpha value is -1.26. The highest BCUT2D eigenvalue weighted by Crippen LogP contribution is 2.26. The minimum Gasteiger partial charge on any atom is -0.444 e. The standard InChI is InChI=1S/C17H25ClN2O2/c1-17(2,3)22-16(21)20-15-5-4-13(11-14(15)18)10-12-6-8-19-9-7-12/h4-5,11-12,19H,6-10H2,1-3H3,(H,20,21). The first-order chi connectivity index (χ1) is 10.3. The van der Waals surface area contributed by atoms with Gasteiger partial charge in [-0.15, -0.1) is 0 Å². The molecule has 0 aromatic heterocycles. The van der Waals surface area contributed by atoms with Gasteiger partial charge in [-0.2, -0.15) is 0 Å². The summed E-state index contributed by atoms with van der Waals surface area (Å²) in [5, 5.41) is 6.62. The zero-order valence-corrected chi connectivity index (χ0v) is 14.3. The summed E-state index contributed by atoms with van der Waals surface area (Å²) in [7, 11) is 0. The topological polar surface area (TPSA) is 50.4 Å². The van der Waals surface area contributed by atoms with Crippen LogP contribution in [-0.4, -0.2) is 24.8 Å². The van der Waals surface area contributed by atoms with E-state index in [1.807, 2.05) is 39.0 Å². The van der Waals surface area contributed by atoms with Crippen LogP contribution in [0.4, 0.5) is 10.5 Å². The summed E-state index contributed by atoms with van der Waals surface area (Å²) in [6.07, 6.45) is 2.96. The molecule has 1 heterocycles. The summed E-state index contributed by atoms with van der Waals surface area (Å²) in [5.74, 6) is 0.710. The molecule has 1 aromatic rings. The van der Waals surface area contributed by atoms with E-state index in [9.17, 15) is 4.79 Å². The van der Waals surface area contributed by atoms with E-state index in [2.05, 4.69) is 10.6 Å². The van der Waals surface area contributed by atoms with Gasteiger partial charge in [0.1, 0.15) is 5.60 Å². The van der Waals surface area contributed by atoms with Crippen molar-refractivity contribution in [3.05, 3.63) is 28.8 Å². The molecule has 22 heavy (non-hydrogen) atoms. The van der Waals surface area contributed by atoms with Gasteiger partial charge in [-0.05, 0) is 76.7 Å². The number of anilines is 1. The number of hydrogen-bond acceptors (Lipinski definition) is 3. The predicted molar refractivity (Wildman–Crippen MR) is 90.6 cm³/mol. The van der Waals surface area contributed by atoms with Crippen LogP contribution in [-0.2, 0) is 11.2 Å². The lowest BCUT2D eigenvalue weighted by Gasteiger charge is -2.23. The molecule has 122 valence electrons.